The molecule has 3 heterocycles. The minimum Gasteiger partial charge on any atom is -0.456 e. The molecule has 3 aromatic heterocycles. The van der Waals surface area contributed by atoms with Gasteiger partial charge in [-0.1, -0.05) is 133 Å². The van der Waals surface area contributed by atoms with Crippen LogP contribution in [0.4, 0.5) is 0 Å². The van der Waals surface area contributed by atoms with Crippen LogP contribution in [0.25, 0.3) is 94.7 Å². The summed E-state index contributed by atoms with van der Waals surface area (Å²) < 4.78 is 8.63. The van der Waals surface area contributed by atoms with E-state index in [1.165, 1.54) is 0 Å². The van der Waals surface area contributed by atoms with E-state index in [1.807, 2.05) is 78.9 Å². The first-order chi connectivity index (χ1) is 24.8. The molecule has 5 heteroatoms. The molecule has 0 atom stereocenters. The standard InChI is InChI=1S/C45H28N4O/c1-4-14-29(15-5-1)33-27-36(42-35-21-11-13-23-40(35)50-41(42)28-33)32-24-25-39-37(26-32)34-20-10-12-22-38(34)49(39)45-47-43(30-16-6-2-7-17-30)46-44(48-45)31-18-8-3-9-19-31/h1-28H. The molecule has 0 aliphatic carbocycles. The minimum atomic E-state index is 0.575. The molecule has 0 saturated carbocycles. The number of hydrogen-bond donors (Lipinski definition) is 0. The van der Waals surface area contributed by atoms with Gasteiger partial charge >= 0.3 is 0 Å². The van der Waals surface area contributed by atoms with Crippen molar-refractivity contribution < 1.29 is 4.42 Å². The van der Waals surface area contributed by atoms with Crippen LogP contribution < -0.4 is 0 Å². The lowest BCUT2D eigenvalue weighted by Crippen LogP contribution is -2.06. The summed E-state index contributed by atoms with van der Waals surface area (Å²) in [6, 6.07) is 58.6. The van der Waals surface area contributed by atoms with Gasteiger partial charge in [0.1, 0.15) is 11.2 Å². The van der Waals surface area contributed by atoms with Gasteiger partial charge in [0.2, 0.25) is 5.95 Å². The normalized spacial score (nSPS) is 11.6. The number of benzene rings is 7. The third kappa shape index (κ3) is 4.60. The lowest BCUT2D eigenvalue weighted by atomic mass is 9.93. The molecule has 5 nitrogen and oxygen atoms in total. The molecule has 0 aliphatic heterocycles. The van der Waals surface area contributed by atoms with Gasteiger partial charge in [-0.3, -0.25) is 4.57 Å². The Morgan fingerprint density at radius 3 is 1.66 bits per heavy atom. The summed E-state index contributed by atoms with van der Waals surface area (Å²) in [4.78, 5) is 15.1. The van der Waals surface area contributed by atoms with Crippen LogP contribution >= 0.6 is 0 Å². The van der Waals surface area contributed by atoms with E-state index in [9.17, 15) is 0 Å². The highest BCUT2D eigenvalue weighted by Crippen LogP contribution is 2.42. The number of rotatable bonds is 5. The van der Waals surface area contributed by atoms with Crippen molar-refractivity contribution in [3.8, 4) is 51.0 Å². The minimum absolute atomic E-state index is 0.575. The van der Waals surface area contributed by atoms with Gasteiger partial charge in [-0.15, -0.1) is 0 Å². The molecule has 10 rings (SSSR count). The summed E-state index contributed by atoms with van der Waals surface area (Å²) in [7, 11) is 0. The molecular formula is C45H28N4O. The lowest BCUT2D eigenvalue weighted by molar-refractivity contribution is 0.669. The van der Waals surface area contributed by atoms with Gasteiger partial charge in [-0.2, -0.15) is 9.97 Å². The summed E-state index contributed by atoms with van der Waals surface area (Å²) in [6.45, 7) is 0. The zero-order chi connectivity index (χ0) is 33.0. The molecule has 50 heavy (non-hydrogen) atoms. The molecule has 7 aromatic carbocycles. The topological polar surface area (TPSA) is 56.7 Å². The third-order valence-electron chi connectivity index (χ3n) is 9.46. The maximum atomic E-state index is 6.47. The summed E-state index contributed by atoms with van der Waals surface area (Å²) >= 11 is 0. The first kappa shape index (κ1) is 28.2. The Bertz CT molecular complexity index is 2800. The van der Waals surface area contributed by atoms with E-state index in [1.54, 1.807) is 0 Å². The van der Waals surface area contributed by atoms with Crippen molar-refractivity contribution in [1.29, 1.82) is 0 Å². The molecule has 0 radical (unpaired) electrons. The van der Waals surface area contributed by atoms with E-state index in [0.29, 0.717) is 17.6 Å². The second-order valence-corrected chi connectivity index (χ2v) is 12.5. The van der Waals surface area contributed by atoms with E-state index in [0.717, 1.165) is 77.1 Å². The van der Waals surface area contributed by atoms with Crippen LogP contribution in [0.2, 0.25) is 0 Å². The molecule has 0 fully saturated rings. The van der Waals surface area contributed by atoms with Gasteiger partial charge in [0.25, 0.3) is 0 Å². The third-order valence-corrected chi connectivity index (χ3v) is 9.46. The highest BCUT2D eigenvalue weighted by atomic mass is 16.3. The Balaban J connectivity index is 1.23. The van der Waals surface area contributed by atoms with E-state index >= 15 is 0 Å². The monoisotopic (exact) mass is 640 g/mol. The second kappa shape index (κ2) is 11.4. The van der Waals surface area contributed by atoms with E-state index in [2.05, 4.69) is 95.6 Å². The van der Waals surface area contributed by atoms with Crippen LogP contribution in [0.5, 0.6) is 0 Å². The molecule has 0 unspecified atom stereocenters. The zero-order valence-electron chi connectivity index (χ0n) is 26.9. The molecule has 0 N–H and O–H groups in total. The Labute approximate surface area is 287 Å². The van der Waals surface area contributed by atoms with Crippen LogP contribution in [0, 0.1) is 0 Å². The molecule has 0 amide bonds. The lowest BCUT2D eigenvalue weighted by Gasteiger charge is -2.11. The van der Waals surface area contributed by atoms with E-state index < -0.39 is 0 Å². The number of nitrogens with zero attached hydrogens (tertiary/aromatic N) is 4. The first-order valence-corrected chi connectivity index (χ1v) is 16.7. The van der Waals surface area contributed by atoms with E-state index in [-0.39, 0.29) is 0 Å². The molecule has 0 bridgehead atoms. The van der Waals surface area contributed by atoms with Crippen molar-refractivity contribution in [2.75, 3.05) is 0 Å². The van der Waals surface area contributed by atoms with Crippen molar-refractivity contribution in [2.45, 2.75) is 0 Å². The van der Waals surface area contributed by atoms with Gasteiger partial charge in [-0.25, -0.2) is 4.98 Å². The highest BCUT2D eigenvalue weighted by molar-refractivity contribution is 6.16. The first-order valence-electron chi connectivity index (χ1n) is 16.7. The Morgan fingerprint density at radius 1 is 0.380 bits per heavy atom. The molecule has 0 aliphatic rings. The summed E-state index contributed by atoms with van der Waals surface area (Å²) in [5.41, 5.74) is 10.2. The van der Waals surface area contributed by atoms with Crippen LogP contribution in [0.3, 0.4) is 0 Å². The van der Waals surface area contributed by atoms with Crippen LogP contribution in [0.1, 0.15) is 0 Å². The van der Waals surface area contributed by atoms with Crippen molar-refractivity contribution in [1.82, 2.24) is 19.5 Å². The smallest absolute Gasteiger partial charge is 0.238 e. The maximum Gasteiger partial charge on any atom is 0.238 e. The van der Waals surface area contributed by atoms with Crippen molar-refractivity contribution in [3.05, 3.63) is 170 Å². The average molecular weight is 641 g/mol. The van der Waals surface area contributed by atoms with Crippen LogP contribution in [-0.4, -0.2) is 19.5 Å². The predicted octanol–water partition coefficient (Wildman–Crippen LogP) is 11.5. The highest BCUT2D eigenvalue weighted by Gasteiger charge is 2.20. The molecule has 10 aromatic rings. The van der Waals surface area contributed by atoms with Gasteiger partial charge in [0, 0.05) is 32.7 Å². The summed E-state index contributed by atoms with van der Waals surface area (Å²) in [5, 5.41) is 4.46. The van der Waals surface area contributed by atoms with Crippen molar-refractivity contribution in [3.63, 3.8) is 0 Å². The number of aromatic nitrogens is 4. The van der Waals surface area contributed by atoms with Gasteiger partial charge < -0.3 is 4.42 Å². The number of fused-ring (bicyclic) bond motifs is 6. The number of furan rings is 1. The second-order valence-electron chi connectivity index (χ2n) is 12.5. The average Bonchev–Trinajstić information content (AvgIpc) is 3.74. The maximum absolute atomic E-state index is 6.47. The molecule has 234 valence electrons. The predicted molar refractivity (Wildman–Crippen MR) is 203 cm³/mol. The fourth-order valence-electron chi connectivity index (χ4n) is 7.13. The summed E-state index contributed by atoms with van der Waals surface area (Å²) in [6.07, 6.45) is 0. The quantitative estimate of drug-likeness (QED) is 0.188. The van der Waals surface area contributed by atoms with Crippen molar-refractivity contribution in [2.24, 2.45) is 0 Å². The SMILES string of the molecule is c1ccc(-c2cc(-c3ccc4c(c3)c3ccccc3n4-c3nc(-c4ccccc4)nc(-c4ccccc4)n3)c3c(c2)oc2ccccc23)cc1. The van der Waals surface area contributed by atoms with Gasteiger partial charge in [0.15, 0.2) is 11.6 Å². The Hall–Kier alpha value is -6.85. The number of para-hydroxylation sites is 2. The Morgan fingerprint density at radius 2 is 0.960 bits per heavy atom. The van der Waals surface area contributed by atoms with Crippen LogP contribution in [-0.2, 0) is 0 Å². The molecule has 0 spiro atoms. The largest absolute Gasteiger partial charge is 0.456 e. The number of hydrogen-bond acceptors (Lipinski definition) is 4. The summed E-state index contributed by atoms with van der Waals surface area (Å²) in [5.74, 6) is 1.83. The fourth-order valence-corrected chi connectivity index (χ4v) is 7.13. The van der Waals surface area contributed by atoms with E-state index in [4.69, 9.17) is 19.4 Å². The fraction of sp³-hybridized carbons (Fsp3) is 0. The van der Waals surface area contributed by atoms with Crippen molar-refractivity contribution >= 4 is 43.7 Å². The Kier molecular flexibility index (Phi) is 6.42. The zero-order valence-corrected chi connectivity index (χ0v) is 26.9. The van der Waals surface area contributed by atoms with Crippen LogP contribution in [0.15, 0.2) is 174 Å². The molecule has 0 saturated heterocycles. The van der Waals surface area contributed by atoms with Gasteiger partial charge in [-0.05, 0) is 58.7 Å². The van der Waals surface area contributed by atoms with Gasteiger partial charge in [0.05, 0.1) is 11.0 Å². The molecular weight excluding hydrogens is 613 g/mol.